The molecule has 2 amide bonds. The molecule has 0 aromatic heterocycles. The van der Waals surface area contributed by atoms with Gasteiger partial charge in [-0.05, 0) is 24.0 Å². The van der Waals surface area contributed by atoms with Crippen molar-refractivity contribution in [1.29, 1.82) is 0 Å². The van der Waals surface area contributed by atoms with Crippen LogP contribution in [0.4, 0.5) is 4.79 Å². The van der Waals surface area contributed by atoms with E-state index < -0.39 is 18.0 Å². The van der Waals surface area contributed by atoms with Crippen molar-refractivity contribution in [2.45, 2.75) is 31.5 Å². The Hall–Kier alpha value is -2.90. The molecule has 0 aliphatic rings. The average Bonchev–Trinajstić information content (AvgIpc) is 2.73. The van der Waals surface area contributed by atoms with Gasteiger partial charge in [0.25, 0.3) is 0 Å². The summed E-state index contributed by atoms with van der Waals surface area (Å²) in [6.45, 7) is 0.402. The summed E-state index contributed by atoms with van der Waals surface area (Å²) in [5.74, 6) is -0.499. The molecule has 0 spiro atoms. The van der Waals surface area contributed by atoms with Gasteiger partial charge in [0.15, 0.2) is 0 Å². The molecular formula is C21H27N3O4. The first-order valence-corrected chi connectivity index (χ1v) is 9.26. The van der Waals surface area contributed by atoms with Gasteiger partial charge in [0.2, 0.25) is 5.91 Å². The first kappa shape index (κ1) is 21.4. The Bertz CT molecular complexity index is 725. The zero-order valence-electron chi connectivity index (χ0n) is 15.7. The first-order valence-electron chi connectivity index (χ1n) is 9.26. The maximum Gasteiger partial charge on any atom is 0.407 e. The Morgan fingerprint density at radius 2 is 1.68 bits per heavy atom. The zero-order valence-corrected chi connectivity index (χ0v) is 15.7. The highest BCUT2D eigenvalue weighted by Gasteiger charge is 2.20. The van der Waals surface area contributed by atoms with E-state index in [1.165, 1.54) is 0 Å². The van der Waals surface area contributed by atoms with Crippen molar-refractivity contribution >= 4 is 12.0 Å². The third-order valence-corrected chi connectivity index (χ3v) is 4.28. The summed E-state index contributed by atoms with van der Waals surface area (Å²) in [4.78, 5) is 23.5. The van der Waals surface area contributed by atoms with Crippen LogP contribution >= 0.6 is 0 Å². The van der Waals surface area contributed by atoms with E-state index in [-0.39, 0.29) is 19.3 Å². The number of nitrogens with one attached hydrogen (secondary N) is 2. The summed E-state index contributed by atoms with van der Waals surface area (Å²) in [6, 6.07) is 17.8. The van der Waals surface area contributed by atoms with Crippen molar-refractivity contribution in [1.82, 2.24) is 10.6 Å². The Kier molecular flexibility index (Phi) is 8.97. The molecule has 7 heteroatoms. The van der Waals surface area contributed by atoms with Crippen LogP contribution in [0.3, 0.4) is 0 Å². The van der Waals surface area contributed by atoms with E-state index >= 15 is 0 Å². The Morgan fingerprint density at radius 1 is 1.04 bits per heavy atom. The standard InChI is InChI=1S/C21H27N3O4/c22-20(26)18(24-19(14-25)17-10-5-2-6-11-17)12-7-13-23-21(27)28-15-16-8-3-1-4-9-16/h1-6,8-11,18-19,24-25H,7,12-15H2,(H2,22,26)(H,23,27)/t18-,19+/m1/s1. The van der Waals surface area contributed by atoms with E-state index in [1.807, 2.05) is 60.7 Å². The molecule has 0 saturated carbocycles. The molecule has 5 N–H and O–H groups in total. The Labute approximate surface area is 164 Å². The minimum absolute atomic E-state index is 0.155. The number of nitrogens with two attached hydrogens (primary N) is 1. The van der Waals surface area contributed by atoms with Crippen molar-refractivity contribution < 1.29 is 19.4 Å². The van der Waals surface area contributed by atoms with Crippen molar-refractivity contribution in [2.24, 2.45) is 5.73 Å². The van der Waals surface area contributed by atoms with Crippen LogP contribution in [0.5, 0.6) is 0 Å². The molecule has 2 aromatic carbocycles. The number of amides is 2. The predicted molar refractivity (Wildman–Crippen MR) is 106 cm³/mol. The number of carbonyl (C=O) groups is 2. The van der Waals surface area contributed by atoms with Gasteiger partial charge in [0.1, 0.15) is 6.61 Å². The lowest BCUT2D eigenvalue weighted by atomic mass is 10.0. The highest BCUT2D eigenvalue weighted by Crippen LogP contribution is 2.13. The van der Waals surface area contributed by atoms with Crippen LogP contribution in [0.25, 0.3) is 0 Å². The van der Waals surface area contributed by atoms with Gasteiger partial charge in [-0.2, -0.15) is 0 Å². The molecule has 0 radical (unpaired) electrons. The summed E-state index contributed by atoms with van der Waals surface area (Å²) in [5, 5.41) is 15.4. The first-order chi connectivity index (χ1) is 13.6. The van der Waals surface area contributed by atoms with Crippen LogP contribution < -0.4 is 16.4 Å². The smallest absolute Gasteiger partial charge is 0.407 e. The molecule has 0 bridgehead atoms. The normalized spacial score (nSPS) is 12.8. The number of primary amides is 1. The fraction of sp³-hybridized carbons (Fsp3) is 0.333. The molecule has 2 atom stereocenters. The summed E-state index contributed by atoms with van der Waals surface area (Å²) in [7, 11) is 0. The minimum atomic E-state index is -0.612. The largest absolute Gasteiger partial charge is 0.445 e. The van der Waals surface area contributed by atoms with Crippen LogP contribution in [0.2, 0.25) is 0 Å². The highest BCUT2D eigenvalue weighted by molar-refractivity contribution is 5.79. The number of aliphatic hydroxyl groups excluding tert-OH is 1. The molecule has 150 valence electrons. The Balaban J connectivity index is 1.72. The fourth-order valence-electron chi connectivity index (χ4n) is 2.76. The van der Waals surface area contributed by atoms with Crippen LogP contribution in [-0.4, -0.2) is 36.3 Å². The van der Waals surface area contributed by atoms with Crippen LogP contribution in [0.1, 0.15) is 30.0 Å². The lowest BCUT2D eigenvalue weighted by Gasteiger charge is -2.23. The minimum Gasteiger partial charge on any atom is -0.445 e. The van der Waals surface area contributed by atoms with E-state index in [2.05, 4.69) is 10.6 Å². The lowest BCUT2D eigenvalue weighted by molar-refractivity contribution is -0.120. The fourth-order valence-corrected chi connectivity index (χ4v) is 2.76. The summed E-state index contributed by atoms with van der Waals surface area (Å²) < 4.78 is 5.13. The molecule has 0 aliphatic carbocycles. The van der Waals surface area contributed by atoms with E-state index in [9.17, 15) is 14.7 Å². The SMILES string of the molecule is NC(=O)[C@@H](CCCNC(=O)OCc1ccccc1)N[C@@H](CO)c1ccccc1. The Morgan fingerprint density at radius 3 is 2.29 bits per heavy atom. The zero-order chi connectivity index (χ0) is 20.2. The molecule has 0 fully saturated rings. The van der Waals surface area contributed by atoms with Crippen molar-refractivity contribution in [2.75, 3.05) is 13.2 Å². The van der Waals surface area contributed by atoms with Gasteiger partial charge in [0, 0.05) is 6.54 Å². The summed E-state index contributed by atoms with van der Waals surface area (Å²) >= 11 is 0. The number of carbonyl (C=O) groups excluding carboxylic acids is 2. The number of benzene rings is 2. The van der Waals surface area contributed by atoms with Crippen molar-refractivity contribution in [3.63, 3.8) is 0 Å². The van der Waals surface area contributed by atoms with Crippen LogP contribution in [-0.2, 0) is 16.1 Å². The van der Waals surface area contributed by atoms with Crippen LogP contribution in [0, 0.1) is 0 Å². The predicted octanol–water partition coefficient (Wildman–Crippen LogP) is 1.87. The monoisotopic (exact) mass is 385 g/mol. The number of aliphatic hydroxyl groups is 1. The van der Waals surface area contributed by atoms with Gasteiger partial charge in [-0.15, -0.1) is 0 Å². The number of hydrogen-bond acceptors (Lipinski definition) is 5. The van der Waals surface area contributed by atoms with Gasteiger partial charge in [-0.25, -0.2) is 4.79 Å². The van der Waals surface area contributed by atoms with Crippen molar-refractivity contribution in [3.05, 3.63) is 71.8 Å². The second kappa shape index (κ2) is 11.7. The van der Waals surface area contributed by atoms with E-state index in [4.69, 9.17) is 10.5 Å². The molecule has 0 saturated heterocycles. The highest BCUT2D eigenvalue weighted by atomic mass is 16.5. The summed E-state index contributed by atoms with van der Waals surface area (Å²) in [6.07, 6.45) is 0.455. The second-order valence-corrected chi connectivity index (χ2v) is 6.40. The van der Waals surface area contributed by atoms with Gasteiger partial charge in [-0.1, -0.05) is 60.7 Å². The van der Waals surface area contributed by atoms with E-state index in [0.29, 0.717) is 19.4 Å². The van der Waals surface area contributed by atoms with E-state index in [0.717, 1.165) is 11.1 Å². The number of hydrogen-bond donors (Lipinski definition) is 4. The number of alkyl carbamates (subject to hydrolysis) is 1. The van der Waals surface area contributed by atoms with Gasteiger partial charge in [-0.3, -0.25) is 10.1 Å². The third-order valence-electron chi connectivity index (χ3n) is 4.28. The molecule has 0 aliphatic heterocycles. The molecular weight excluding hydrogens is 358 g/mol. The van der Waals surface area contributed by atoms with E-state index in [1.54, 1.807) is 0 Å². The maximum atomic E-state index is 11.7. The number of ether oxygens (including phenoxy) is 1. The van der Waals surface area contributed by atoms with Crippen LogP contribution in [0.15, 0.2) is 60.7 Å². The molecule has 2 rings (SSSR count). The second-order valence-electron chi connectivity index (χ2n) is 6.40. The van der Waals surface area contributed by atoms with Gasteiger partial charge >= 0.3 is 6.09 Å². The number of rotatable bonds is 11. The average molecular weight is 385 g/mol. The topological polar surface area (TPSA) is 114 Å². The van der Waals surface area contributed by atoms with Gasteiger partial charge < -0.3 is 20.9 Å². The summed E-state index contributed by atoms with van der Waals surface area (Å²) in [5.41, 5.74) is 7.26. The third kappa shape index (κ3) is 7.38. The maximum absolute atomic E-state index is 11.7. The van der Waals surface area contributed by atoms with Gasteiger partial charge in [0.05, 0.1) is 18.7 Å². The molecule has 0 heterocycles. The van der Waals surface area contributed by atoms with Crippen molar-refractivity contribution in [3.8, 4) is 0 Å². The quantitative estimate of drug-likeness (QED) is 0.441. The molecule has 7 nitrogen and oxygen atoms in total. The molecule has 2 aromatic rings. The molecule has 0 unspecified atom stereocenters. The molecule has 28 heavy (non-hydrogen) atoms. The lowest BCUT2D eigenvalue weighted by Crippen LogP contribution is -2.44.